The molecule has 0 bridgehead atoms. The Morgan fingerprint density at radius 1 is 1.20 bits per heavy atom. The fourth-order valence-electron chi connectivity index (χ4n) is 4.13. The zero-order valence-corrected chi connectivity index (χ0v) is 18.1. The van der Waals surface area contributed by atoms with Crippen LogP contribution in [-0.2, 0) is 10.5 Å². The van der Waals surface area contributed by atoms with Gasteiger partial charge in [-0.05, 0) is 43.0 Å². The van der Waals surface area contributed by atoms with Gasteiger partial charge >= 0.3 is 0 Å². The summed E-state index contributed by atoms with van der Waals surface area (Å²) in [5.41, 5.74) is 5.18. The van der Waals surface area contributed by atoms with Crippen LogP contribution in [0.4, 0.5) is 5.95 Å². The zero-order valence-electron chi connectivity index (χ0n) is 16.6. The number of aromatic nitrogens is 3. The Hall–Kier alpha value is -2.57. The second-order valence-electron chi connectivity index (χ2n) is 7.69. The number of hydrogen-bond donors (Lipinski definition) is 1. The van der Waals surface area contributed by atoms with Crippen molar-refractivity contribution in [3.05, 3.63) is 81.5 Å². The molecule has 0 amide bonds. The fraction of sp³-hybridized carbons (Fsp3) is 0.261. The number of fused-ring (bicyclic) bond motifs is 1. The Bertz CT molecular complexity index is 1170. The first-order valence-electron chi connectivity index (χ1n) is 10.0. The van der Waals surface area contributed by atoms with Crippen molar-refractivity contribution in [2.24, 2.45) is 0 Å². The summed E-state index contributed by atoms with van der Waals surface area (Å²) in [7, 11) is 0. The summed E-state index contributed by atoms with van der Waals surface area (Å²) in [6, 6.07) is 15.8. The molecule has 30 heavy (non-hydrogen) atoms. The first-order chi connectivity index (χ1) is 14.6. The maximum Gasteiger partial charge on any atom is 0.227 e. The van der Waals surface area contributed by atoms with E-state index in [1.165, 1.54) is 11.1 Å². The smallest absolute Gasteiger partial charge is 0.227 e. The summed E-state index contributed by atoms with van der Waals surface area (Å²) >= 11 is 7.87. The number of allylic oxidation sites excluding steroid dienone is 2. The third kappa shape index (κ3) is 3.66. The van der Waals surface area contributed by atoms with E-state index in [1.54, 1.807) is 11.8 Å². The van der Waals surface area contributed by atoms with E-state index >= 15 is 0 Å². The Balaban J connectivity index is 1.51. The van der Waals surface area contributed by atoms with Crippen LogP contribution in [0, 0.1) is 6.92 Å². The van der Waals surface area contributed by atoms with Gasteiger partial charge in [0, 0.05) is 28.5 Å². The van der Waals surface area contributed by atoms with Crippen molar-refractivity contribution < 1.29 is 4.79 Å². The van der Waals surface area contributed by atoms with E-state index < -0.39 is 0 Å². The molecule has 2 aliphatic rings. The first-order valence-corrected chi connectivity index (χ1v) is 11.4. The fourth-order valence-corrected chi connectivity index (χ4v) is 5.10. The number of carbonyl (C=O) groups is 1. The molecule has 0 spiro atoms. The van der Waals surface area contributed by atoms with E-state index in [2.05, 4.69) is 36.5 Å². The normalized spacial score (nSPS) is 18.1. The summed E-state index contributed by atoms with van der Waals surface area (Å²) in [6.07, 6.45) is 2.27. The van der Waals surface area contributed by atoms with Gasteiger partial charge in [0.2, 0.25) is 11.1 Å². The van der Waals surface area contributed by atoms with Crippen molar-refractivity contribution in [1.29, 1.82) is 0 Å². The number of carbonyl (C=O) groups excluding carboxylic acids is 1. The summed E-state index contributed by atoms with van der Waals surface area (Å²) in [5, 5.41) is 9.49. The van der Waals surface area contributed by atoms with Crippen LogP contribution in [0.5, 0.6) is 0 Å². The molecule has 2 aromatic carbocycles. The lowest BCUT2D eigenvalue weighted by atomic mass is 9.85. The van der Waals surface area contributed by atoms with E-state index in [4.69, 9.17) is 21.7 Å². The van der Waals surface area contributed by atoms with Gasteiger partial charge in [0.05, 0.1) is 0 Å². The highest BCUT2D eigenvalue weighted by atomic mass is 35.5. The van der Waals surface area contributed by atoms with Crippen LogP contribution in [0.3, 0.4) is 0 Å². The minimum atomic E-state index is -0.302. The number of nitrogens with zero attached hydrogens (tertiary/aromatic N) is 3. The monoisotopic (exact) mass is 436 g/mol. The average molecular weight is 437 g/mol. The minimum absolute atomic E-state index is 0.170. The zero-order chi connectivity index (χ0) is 20.7. The van der Waals surface area contributed by atoms with E-state index in [1.807, 2.05) is 28.9 Å². The Labute approximate surface area is 184 Å². The molecule has 5 nitrogen and oxygen atoms in total. The standard InChI is InChI=1S/C23H21ClN4OS/c1-14-5-2-6-15(11-14)13-30-23-26-22-25-18-9-4-10-19(29)20(18)21(28(22)27-23)16-7-3-8-17(24)12-16/h2-3,5-8,11-12,21H,4,9-10,13H2,1H3,(H,25,26,27)/t21-/m1/s1. The SMILES string of the molecule is Cc1cccc(CSc2nc3n(n2)[C@H](c2cccc(Cl)c2)C2=C(CCCC2=O)N3)c1. The van der Waals surface area contributed by atoms with Gasteiger partial charge in [-0.15, -0.1) is 5.10 Å². The minimum Gasteiger partial charge on any atom is -0.328 e. The molecule has 5 rings (SSSR count). The van der Waals surface area contributed by atoms with Crippen molar-refractivity contribution >= 4 is 35.1 Å². The van der Waals surface area contributed by atoms with Gasteiger partial charge in [-0.1, -0.05) is 65.3 Å². The van der Waals surface area contributed by atoms with Crippen LogP contribution in [0.15, 0.2) is 65.0 Å². The van der Waals surface area contributed by atoms with Crippen molar-refractivity contribution in [3.8, 4) is 0 Å². The Morgan fingerprint density at radius 2 is 2.07 bits per heavy atom. The van der Waals surface area contributed by atoms with Crippen molar-refractivity contribution in [1.82, 2.24) is 14.8 Å². The third-order valence-electron chi connectivity index (χ3n) is 5.46. The van der Waals surface area contributed by atoms with Crippen molar-refractivity contribution in [2.45, 2.75) is 43.1 Å². The largest absolute Gasteiger partial charge is 0.328 e. The number of rotatable bonds is 4. The summed E-state index contributed by atoms with van der Waals surface area (Å²) in [5.74, 6) is 1.64. The Kier molecular flexibility index (Phi) is 5.13. The molecule has 0 unspecified atom stereocenters. The second kappa shape index (κ2) is 7.93. The molecular formula is C23H21ClN4OS. The van der Waals surface area contributed by atoms with Gasteiger partial charge in [-0.3, -0.25) is 4.79 Å². The predicted octanol–water partition coefficient (Wildman–Crippen LogP) is 5.55. The highest BCUT2D eigenvalue weighted by molar-refractivity contribution is 7.98. The lowest BCUT2D eigenvalue weighted by Crippen LogP contribution is -2.31. The number of thioether (sulfide) groups is 1. The lowest BCUT2D eigenvalue weighted by molar-refractivity contribution is -0.116. The predicted molar refractivity (Wildman–Crippen MR) is 120 cm³/mol. The summed E-state index contributed by atoms with van der Waals surface area (Å²) < 4.78 is 1.84. The van der Waals surface area contributed by atoms with E-state index in [0.717, 1.165) is 35.4 Å². The lowest BCUT2D eigenvalue weighted by Gasteiger charge is -2.32. The van der Waals surface area contributed by atoms with Gasteiger partial charge in [-0.25, -0.2) is 4.68 Å². The van der Waals surface area contributed by atoms with E-state index in [0.29, 0.717) is 22.5 Å². The van der Waals surface area contributed by atoms with Crippen LogP contribution >= 0.6 is 23.4 Å². The van der Waals surface area contributed by atoms with E-state index in [-0.39, 0.29) is 11.8 Å². The number of aryl methyl sites for hydroxylation is 1. The highest BCUT2D eigenvalue weighted by Gasteiger charge is 2.36. The van der Waals surface area contributed by atoms with Crippen molar-refractivity contribution in [2.75, 3.05) is 5.32 Å². The number of anilines is 1. The highest BCUT2D eigenvalue weighted by Crippen LogP contribution is 2.41. The molecule has 2 heterocycles. The summed E-state index contributed by atoms with van der Waals surface area (Å²) in [6.45, 7) is 2.09. The van der Waals surface area contributed by atoms with Gasteiger partial charge in [0.1, 0.15) is 6.04 Å². The summed E-state index contributed by atoms with van der Waals surface area (Å²) in [4.78, 5) is 17.6. The number of benzene rings is 2. The number of nitrogens with one attached hydrogen (secondary N) is 1. The number of Topliss-reactive ketones (excluding diaryl/α,β-unsaturated/α-hetero) is 1. The molecule has 0 saturated heterocycles. The van der Waals surface area contributed by atoms with Gasteiger partial charge < -0.3 is 5.32 Å². The molecule has 3 aromatic rings. The quantitative estimate of drug-likeness (QED) is 0.543. The molecule has 1 aliphatic carbocycles. The maximum atomic E-state index is 12.9. The number of hydrogen-bond acceptors (Lipinski definition) is 5. The topological polar surface area (TPSA) is 59.8 Å². The molecule has 152 valence electrons. The number of ketones is 1. The van der Waals surface area contributed by atoms with Crippen LogP contribution in [0.25, 0.3) is 0 Å². The Morgan fingerprint density at radius 3 is 2.90 bits per heavy atom. The molecule has 0 radical (unpaired) electrons. The van der Waals surface area contributed by atoms with Crippen LogP contribution in [-0.4, -0.2) is 20.5 Å². The first kappa shape index (κ1) is 19.4. The van der Waals surface area contributed by atoms with Crippen LogP contribution in [0.1, 0.15) is 42.0 Å². The average Bonchev–Trinajstić information content (AvgIpc) is 3.13. The molecule has 1 N–H and O–H groups in total. The molecule has 7 heteroatoms. The van der Waals surface area contributed by atoms with E-state index in [9.17, 15) is 4.79 Å². The van der Waals surface area contributed by atoms with Crippen molar-refractivity contribution in [3.63, 3.8) is 0 Å². The molecule has 1 aliphatic heterocycles. The number of halogens is 1. The van der Waals surface area contributed by atoms with Gasteiger partial charge in [-0.2, -0.15) is 4.98 Å². The van der Waals surface area contributed by atoms with Gasteiger partial charge in [0.15, 0.2) is 5.78 Å². The molecule has 1 atom stereocenters. The molecule has 0 saturated carbocycles. The van der Waals surface area contributed by atoms with Crippen LogP contribution in [0.2, 0.25) is 5.02 Å². The van der Waals surface area contributed by atoms with Crippen LogP contribution < -0.4 is 5.32 Å². The molecule has 1 aromatic heterocycles. The molecular weight excluding hydrogens is 416 g/mol. The second-order valence-corrected chi connectivity index (χ2v) is 9.07. The maximum absolute atomic E-state index is 12.9. The molecule has 0 fully saturated rings. The third-order valence-corrected chi connectivity index (χ3v) is 6.61. The van der Waals surface area contributed by atoms with Gasteiger partial charge in [0.25, 0.3) is 0 Å².